The minimum atomic E-state index is 0.261. The maximum atomic E-state index is 12.2. The van der Waals surface area contributed by atoms with E-state index in [0.29, 0.717) is 12.6 Å². The number of carbonyl (C=O) groups is 1. The Morgan fingerprint density at radius 3 is 2.84 bits per heavy atom. The van der Waals surface area contributed by atoms with Crippen LogP contribution in [-0.4, -0.2) is 49.6 Å². The van der Waals surface area contributed by atoms with Crippen LogP contribution >= 0.6 is 0 Å². The number of fused-ring (bicyclic) bond motifs is 1. The molecule has 1 amide bonds. The van der Waals surface area contributed by atoms with Gasteiger partial charge in [0.15, 0.2) is 0 Å². The Hall–Kier alpha value is -1.55. The molecule has 0 saturated carbocycles. The standard InChI is InChI=1S/C15H21N3O/c1-2-12-3-5-13(6-4-12)17-10-14-9-16-7-8-18(14)15(19)11-17/h3-6,14,16H,2,7-11H2,1H3. The quantitative estimate of drug-likeness (QED) is 0.856. The van der Waals surface area contributed by atoms with Crippen molar-refractivity contribution < 1.29 is 4.79 Å². The molecule has 1 atom stereocenters. The molecule has 2 aliphatic heterocycles. The van der Waals surface area contributed by atoms with E-state index in [4.69, 9.17) is 0 Å². The highest BCUT2D eigenvalue weighted by atomic mass is 16.2. The minimum absolute atomic E-state index is 0.261. The van der Waals surface area contributed by atoms with Gasteiger partial charge in [-0.25, -0.2) is 0 Å². The van der Waals surface area contributed by atoms with Crippen molar-refractivity contribution in [3.05, 3.63) is 29.8 Å². The van der Waals surface area contributed by atoms with Crippen LogP contribution in [0, 0.1) is 0 Å². The molecule has 4 heteroatoms. The zero-order valence-corrected chi connectivity index (χ0v) is 11.4. The molecule has 0 bridgehead atoms. The summed E-state index contributed by atoms with van der Waals surface area (Å²) in [7, 11) is 0. The number of aryl methyl sites for hydroxylation is 1. The topological polar surface area (TPSA) is 35.6 Å². The van der Waals surface area contributed by atoms with Crippen molar-refractivity contribution in [2.24, 2.45) is 0 Å². The number of anilines is 1. The van der Waals surface area contributed by atoms with Crippen molar-refractivity contribution >= 4 is 11.6 Å². The van der Waals surface area contributed by atoms with Gasteiger partial charge in [0, 0.05) is 31.9 Å². The summed E-state index contributed by atoms with van der Waals surface area (Å²) in [6.07, 6.45) is 1.06. The predicted molar refractivity (Wildman–Crippen MR) is 76.4 cm³/mol. The first-order valence-corrected chi connectivity index (χ1v) is 7.12. The lowest BCUT2D eigenvalue weighted by Crippen LogP contribution is -2.63. The third kappa shape index (κ3) is 2.45. The lowest BCUT2D eigenvalue weighted by molar-refractivity contribution is -0.134. The third-order valence-electron chi connectivity index (χ3n) is 4.14. The molecule has 2 saturated heterocycles. The van der Waals surface area contributed by atoms with Gasteiger partial charge < -0.3 is 15.1 Å². The highest BCUT2D eigenvalue weighted by molar-refractivity contribution is 5.83. The average molecular weight is 259 g/mol. The lowest BCUT2D eigenvalue weighted by atomic mass is 10.1. The number of nitrogens with zero attached hydrogens (tertiary/aromatic N) is 2. The monoisotopic (exact) mass is 259 g/mol. The van der Waals surface area contributed by atoms with Gasteiger partial charge in [-0.2, -0.15) is 0 Å². The molecule has 1 unspecified atom stereocenters. The SMILES string of the molecule is CCc1ccc(N2CC(=O)N3CCNCC3C2)cc1. The predicted octanol–water partition coefficient (Wildman–Crippen LogP) is 0.869. The summed E-state index contributed by atoms with van der Waals surface area (Å²) in [5, 5.41) is 3.37. The Kier molecular flexibility index (Phi) is 3.42. The number of benzene rings is 1. The summed E-state index contributed by atoms with van der Waals surface area (Å²) in [5.41, 5.74) is 2.50. The zero-order valence-electron chi connectivity index (χ0n) is 11.4. The van der Waals surface area contributed by atoms with Gasteiger partial charge >= 0.3 is 0 Å². The molecule has 0 spiro atoms. The van der Waals surface area contributed by atoms with Crippen molar-refractivity contribution in [2.75, 3.05) is 37.6 Å². The van der Waals surface area contributed by atoms with Crippen LogP contribution in [0.15, 0.2) is 24.3 Å². The highest BCUT2D eigenvalue weighted by Gasteiger charge is 2.33. The van der Waals surface area contributed by atoms with Gasteiger partial charge in [-0.05, 0) is 24.1 Å². The fourth-order valence-electron chi connectivity index (χ4n) is 2.96. The van der Waals surface area contributed by atoms with E-state index in [2.05, 4.69) is 41.4 Å². The summed E-state index contributed by atoms with van der Waals surface area (Å²) in [4.78, 5) is 16.4. The van der Waals surface area contributed by atoms with E-state index >= 15 is 0 Å². The molecule has 1 aromatic rings. The van der Waals surface area contributed by atoms with E-state index in [1.165, 1.54) is 5.56 Å². The van der Waals surface area contributed by atoms with Crippen LogP contribution in [0.25, 0.3) is 0 Å². The van der Waals surface area contributed by atoms with Crippen LogP contribution in [0.2, 0.25) is 0 Å². The Morgan fingerprint density at radius 1 is 1.32 bits per heavy atom. The molecule has 4 nitrogen and oxygen atoms in total. The first-order chi connectivity index (χ1) is 9.28. The van der Waals surface area contributed by atoms with E-state index in [-0.39, 0.29) is 5.91 Å². The van der Waals surface area contributed by atoms with E-state index < -0.39 is 0 Å². The maximum Gasteiger partial charge on any atom is 0.242 e. The normalized spacial score (nSPS) is 23.4. The molecule has 0 aliphatic carbocycles. The second-order valence-electron chi connectivity index (χ2n) is 5.35. The second-order valence-corrected chi connectivity index (χ2v) is 5.35. The van der Waals surface area contributed by atoms with Gasteiger partial charge in [-0.3, -0.25) is 4.79 Å². The van der Waals surface area contributed by atoms with Crippen molar-refractivity contribution in [1.82, 2.24) is 10.2 Å². The number of hydrogen-bond donors (Lipinski definition) is 1. The Labute approximate surface area is 114 Å². The van der Waals surface area contributed by atoms with Gasteiger partial charge in [0.25, 0.3) is 0 Å². The summed E-state index contributed by atoms with van der Waals surface area (Å²) >= 11 is 0. The zero-order chi connectivity index (χ0) is 13.2. The Morgan fingerprint density at radius 2 is 2.11 bits per heavy atom. The molecule has 2 fully saturated rings. The van der Waals surface area contributed by atoms with Crippen molar-refractivity contribution in [2.45, 2.75) is 19.4 Å². The second kappa shape index (κ2) is 5.21. The third-order valence-corrected chi connectivity index (χ3v) is 4.14. The molecule has 3 rings (SSSR count). The number of piperazine rings is 2. The van der Waals surface area contributed by atoms with Crippen LogP contribution in [0.4, 0.5) is 5.69 Å². The summed E-state index contributed by atoms with van der Waals surface area (Å²) in [6.45, 7) is 6.30. The maximum absolute atomic E-state index is 12.2. The van der Waals surface area contributed by atoms with Crippen molar-refractivity contribution in [1.29, 1.82) is 0 Å². The van der Waals surface area contributed by atoms with E-state index in [1.54, 1.807) is 0 Å². The molecular formula is C15H21N3O. The smallest absolute Gasteiger partial charge is 0.242 e. The molecule has 2 heterocycles. The van der Waals surface area contributed by atoms with Crippen LogP contribution in [0.5, 0.6) is 0 Å². The first-order valence-electron chi connectivity index (χ1n) is 7.12. The van der Waals surface area contributed by atoms with Gasteiger partial charge in [0.1, 0.15) is 0 Å². The van der Waals surface area contributed by atoms with Gasteiger partial charge in [-0.15, -0.1) is 0 Å². The van der Waals surface area contributed by atoms with Crippen LogP contribution in [-0.2, 0) is 11.2 Å². The Balaban J connectivity index is 1.76. The van der Waals surface area contributed by atoms with Gasteiger partial charge in [0.05, 0.1) is 12.6 Å². The van der Waals surface area contributed by atoms with Gasteiger partial charge in [-0.1, -0.05) is 19.1 Å². The molecule has 102 valence electrons. The lowest BCUT2D eigenvalue weighted by Gasteiger charge is -2.44. The van der Waals surface area contributed by atoms with Crippen LogP contribution < -0.4 is 10.2 Å². The molecule has 1 N–H and O–H groups in total. The molecule has 0 radical (unpaired) electrons. The average Bonchev–Trinajstić information content (AvgIpc) is 2.47. The first kappa shape index (κ1) is 12.5. The van der Waals surface area contributed by atoms with Crippen molar-refractivity contribution in [3.8, 4) is 0 Å². The van der Waals surface area contributed by atoms with E-state index in [1.807, 2.05) is 4.90 Å². The fourth-order valence-corrected chi connectivity index (χ4v) is 2.96. The molecule has 19 heavy (non-hydrogen) atoms. The highest BCUT2D eigenvalue weighted by Crippen LogP contribution is 2.21. The molecule has 2 aliphatic rings. The largest absolute Gasteiger partial charge is 0.360 e. The summed E-state index contributed by atoms with van der Waals surface area (Å²) in [6, 6.07) is 8.91. The van der Waals surface area contributed by atoms with Crippen molar-refractivity contribution in [3.63, 3.8) is 0 Å². The van der Waals surface area contributed by atoms with E-state index in [0.717, 1.165) is 38.3 Å². The van der Waals surface area contributed by atoms with E-state index in [9.17, 15) is 4.79 Å². The fraction of sp³-hybridized carbons (Fsp3) is 0.533. The number of carbonyl (C=O) groups excluding carboxylic acids is 1. The number of amides is 1. The Bertz CT molecular complexity index is 457. The number of rotatable bonds is 2. The van der Waals surface area contributed by atoms with Crippen LogP contribution in [0.3, 0.4) is 0 Å². The summed E-state index contributed by atoms with van der Waals surface area (Å²) < 4.78 is 0. The minimum Gasteiger partial charge on any atom is -0.360 e. The van der Waals surface area contributed by atoms with Crippen LogP contribution in [0.1, 0.15) is 12.5 Å². The summed E-state index contributed by atoms with van der Waals surface area (Å²) in [5.74, 6) is 0.261. The molecular weight excluding hydrogens is 238 g/mol. The molecule has 0 aromatic heterocycles. The number of nitrogens with one attached hydrogen (secondary N) is 1. The van der Waals surface area contributed by atoms with Gasteiger partial charge in [0.2, 0.25) is 5.91 Å². The number of hydrogen-bond acceptors (Lipinski definition) is 3. The molecule has 1 aromatic carbocycles.